The first-order chi connectivity index (χ1) is 10.1. The third-order valence-electron chi connectivity index (χ3n) is 3.82. The summed E-state index contributed by atoms with van der Waals surface area (Å²) in [5.41, 5.74) is 7.70. The van der Waals surface area contributed by atoms with Gasteiger partial charge in [0, 0.05) is 6.54 Å². The predicted octanol–water partition coefficient (Wildman–Crippen LogP) is 2.28. The quantitative estimate of drug-likeness (QED) is 0.632. The van der Waals surface area contributed by atoms with Crippen LogP contribution in [0.4, 0.5) is 0 Å². The van der Waals surface area contributed by atoms with Gasteiger partial charge in [0.15, 0.2) is 5.75 Å². The smallest absolute Gasteiger partial charge is 0.161 e. The van der Waals surface area contributed by atoms with Gasteiger partial charge in [-0.05, 0) is 38.3 Å². The summed E-state index contributed by atoms with van der Waals surface area (Å²) in [6.07, 6.45) is 2.54. The van der Waals surface area contributed by atoms with Crippen molar-refractivity contribution in [2.24, 2.45) is 5.84 Å². The van der Waals surface area contributed by atoms with Gasteiger partial charge in [-0.1, -0.05) is 23.8 Å². The molecule has 1 unspecified atom stereocenters. The highest BCUT2D eigenvalue weighted by atomic mass is 16.5. The van der Waals surface area contributed by atoms with Crippen LogP contribution in [-0.4, -0.2) is 16.9 Å². The molecule has 21 heavy (non-hydrogen) atoms. The first-order valence-corrected chi connectivity index (χ1v) is 7.22. The van der Waals surface area contributed by atoms with Crippen molar-refractivity contribution < 1.29 is 4.74 Å². The van der Waals surface area contributed by atoms with Gasteiger partial charge >= 0.3 is 0 Å². The van der Waals surface area contributed by atoms with E-state index in [0.29, 0.717) is 0 Å². The summed E-state index contributed by atoms with van der Waals surface area (Å²) >= 11 is 0. The number of nitrogens with zero attached hydrogens (tertiary/aromatic N) is 2. The molecule has 0 aliphatic heterocycles. The predicted molar refractivity (Wildman–Crippen MR) is 84.1 cm³/mol. The van der Waals surface area contributed by atoms with E-state index in [2.05, 4.69) is 49.5 Å². The fourth-order valence-corrected chi connectivity index (χ4v) is 2.61. The number of nitrogens with one attached hydrogen (secondary N) is 1. The molecule has 0 radical (unpaired) electrons. The summed E-state index contributed by atoms with van der Waals surface area (Å²) < 4.78 is 7.35. The van der Waals surface area contributed by atoms with Crippen molar-refractivity contribution in [3.63, 3.8) is 0 Å². The van der Waals surface area contributed by atoms with Crippen LogP contribution < -0.4 is 16.0 Å². The van der Waals surface area contributed by atoms with Gasteiger partial charge in [-0.15, -0.1) is 0 Å². The molecule has 5 heteroatoms. The number of rotatable bonds is 6. The van der Waals surface area contributed by atoms with Crippen molar-refractivity contribution in [3.8, 4) is 5.75 Å². The summed E-state index contributed by atoms with van der Waals surface area (Å²) in [4.78, 5) is 0. The van der Waals surface area contributed by atoms with Crippen LogP contribution in [0.25, 0.3) is 0 Å². The van der Waals surface area contributed by atoms with Gasteiger partial charge in [-0.3, -0.25) is 16.0 Å². The Morgan fingerprint density at radius 2 is 2.14 bits per heavy atom. The third kappa shape index (κ3) is 3.25. The molecule has 0 saturated heterocycles. The second-order valence-corrected chi connectivity index (χ2v) is 5.27. The highest BCUT2D eigenvalue weighted by Crippen LogP contribution is 2.28. The molecule has 2 rings (SSSR count). The van der Waals surface area contributed by atoms with Crippen molar-refractivity contribution >= 4 is 0 Å². The molecule has 0 aliphatic rings. The molecule has 0 aliphatic carbocycles. The largest absolute Gasteiger partial charge is 0.493 e. The molecule has 0 saturated carbocycles. The van der Waals surface area contributed by atoms with E-state index in [1.807, 2.05) is 4.68 Å². The molecule has 0 spiro atoms. The maximum absolute atomic E-state index is 5.80. The average Bonchev–Trinajstić information content (AvgIpc) is 2.91. The normalized spacial score (nSPS) is 12.4. The highest BCUT2D eigenvalue weighted by molar-refractivity contribution is 5.34. The molecule has 114 valence electrons. The van der Waals surface area contributed by atoms with Crippen molar-refractivity contribution in [2.45, 2.75) is 39.8 Å². The maximum Gasteiger partial charge on any atom is 0.161 e. The number of hydrazine groups is 1. The molecule has 0 bridgehead atoms. The molecule has 3 N–H and O–H groups in total. The minimum absolute atomic E-state index is 0.0390. The van der Waals surface area contributed by atoms with E-state index in [9.17, 15) is 0 Å². The lowest BCUT2D eigenvalue weighted by molar-refractivity contribution is 0.391. The van der Waals surface area contributed by atoms with E-state index in [-0.39, 0.29) is 6.04 Å². The van der Waals surface area contributed by atoms with E-state index in [1.54, 1.807) is 13.3 Å². The highest BCUT2D eigenvalue weighted by Gasteiger charge is 2.21. The topological polar surface area (TPSA) is 65.1 Å². The Labute approximate surface area is 126 Å². The first kappa shape index (κ1) is 15.5. The zero-order valence-electron chi connectivity index (χ0n) is 13.2. The van der Waals surface area contributed by atoms with E-state index >= 15 is 0 Å². The van der Waals surface area contributed by atoms with Crippen LogP contribution in [-0.2, 0) is 13.0 Å². The molecule has 1 heterocycles. The molecule has 1 aromatic heterocycles. The third-order valence-corrected chi connectivity index (χ3v) is 3.82. The summed E-state index contributed by atoms with van der Waals surface area (Å²) in [5, 5.41) is 4.35. The summed E-state index contributed by atoms with van der Waals surface area (Å²) in [7, 11) is 1.66. The molecular weight excluding hydrogens is 264 g/mol. The van der Waals surface area contributed by atoms with Crippen LogP contribution >= 0.6 is 0 Å². The average molecular weight is 288 g/mol. The molecule has 5 nitrogen and oxygen atoms in total. The number of hydrogen-bond acceptors (Lipinski definition) is 4. The summed E-state index contributed by atoms with van der Waals surface area (Å²) in [6, 6.07) is 6.44. The number of aromatic nitrogens is 2. The maximum atomic E-state index is 5.80. The standard InChI is InChI=1S/C16H24N4O/c1-5-20-16(15(21-4)10-18-20)14(19-17)9-13-8-11(2)6-7-12(13)3/h6-8,10,14,19H,5,9,17H2,1-4H3. The zero-order chi connectivity index (χ0) is 15.4. The van der Waals surface area contributed by atoms with Crippen LogP contribution in [0.2, 0.25) is 0 Å². The fourth-order valence-electron chi connectivity index (χ4n) is 2.61. The lowest BCUT2D eigenvalue weighted by Crippen LogP contribution is -2.32. The van der Waals surface area contributed by atoms with Crippen molar-refractivity contribution in [2.75, 3.05) is 7.11 Å². The minimum atomic E-state index is -0.0390. The zero-order valence-corrected chi connectivity index (χ0v) is 13.2. The van der Waals surface area contributed by atoms with Crippen LogP contribution in [0.3, 0.4) is 0 Å². The van der Waals surface area contributed by atoms with Crippen LogP contribution in [0.1, 0.15) is 35.3 Å². The van der Waals surface area contributed by atoms with Gasteiger partial charge < -0.3 is 4.74 Å². The van der Waals surface area contributed by atoms with E-state index in [1.165, 1.54) is 16.7 Å². The lowest BCUT2D eigenvalue weighted by atomic mass is 9.97. The molecule has 1 aromatic carbocycles. The van der Waals surface area contributed by atoms with Gasteiger partial charge in [-0.25, -0.2) is 0 Å². The Morgan fingerprint density at radius 3 is 2.76 bits per heavy atom. The number of ether oxygens (including phenoxy) is 1. The molecule has 0 amide bonds. The SMILES string of the molecule is CCn1ncc(OC)c1C(Cc1cc(C)ccc1C)NN. The number of aryl methyl sites for hydroxylation is 3. The Balaban J connectivity index is 2.36. The number of hydrogen-bond donors (Lipinski definition) is 2. The Hall–Kier alpha value is -1.85. The van der Waals surface area contributed by atoms with Crippen molar-refractivity contribution in [3.05, 3.63) is 46.8 Å². The Morgan fingerprint density at radius 1 is 1.38 bits per heavy atom. The van der Waals surface area contributed by atoms with Crippen molar-refractivity contribution in [1.29, 1.82) is 0 Å². The van der Waals surface area contributed by atoms with Gasteiger partial charge in [0.25, 0.3) is 0 Å². The Bertz CT molecular complexity index is 585. The molecule has 1 atom stereocenters. The molecular formula is C16H24N4O. The van der Waals surface area contributed by atoms with Crippen LogP contribution in [0, 0.1) is 13.8 Å². The second-order valence-electron chi connectivity index (χ2n) is 5.27. The second kappa shape index (κ2) is 6.74. The van der Waals surface area contributed by atoms with E-state index in [4.69, 9.17) is 10.6 Å². The van der Waals surface area contributed by atoms with Crippen molar-refractivity contribution in [1.82, 2.24) is 15.2 Å². The first-order valence-electron chi connectivity index (χ1n) is 7.22. The summed E-state index contributed by atoms with van der Waals surface area (Å²) in [6.45, 7) is 7.06. The summed E-state index contributed by atoms with van der Waals surface area (Å²) in [5.74, 6) is 6.57. The number of methoxy groups -OCH3 is 1. The van der Waals surface area contributed by atoms with Gasteiger partial charge in [0.1, 0.15) is 0 Å². The van der Waals surface area contributed by atoms with E-state index < -0.39 is 0 Å². The van der Waals surface area contributed by atoms with Gasteiger partial charge in [0.05, 0.1) is 25.0 Å². The van der Waals surface area contributed by atoms with Gasteiger partial charge in [0.2, 0.25) is 0 Å². The fraction of sp³-hybridized carbons (Fsp3) is 0.438. The van der Waals surface area contributed by atoms with E-state index in [0.717, 1.165) is 24.4 Å². The number of nitrogens with two attached hydrogens (primary N) is 1. The monoisotopic (exact) mass is 288 g/mol. The molecule has 0 fully saturated rings. The molecule has 2 aromatic rings. The van der Waals surface area contributed by atoms with Crippen LogP contribution in [0.5, 0.6) is 5.75 Å². The van der Waals surface area contributed by atoms with Gasteiger partial charge in [-0.2, -0.15) is 5.10 Å². The lowest BCUT2D eigenvalue weighted by Gasteiger charge is -2.20. The number of benzene rings is 1. The Kier molecular flexibility index (Phi) is 4.98. The minimum Gasteiger partial charge on any atom is -0.493 e. The van der Waals surface area contributed by atoms with Crippen LogP contribution in [0.15, 0.2) is 24.4 Å².